The van der Waals surface area contributed by atoms with Crippen molar-refractivity contribution in [1.29, 1.82) is 0 Å². The third kappa shape index (κ3) is 2.92. The van der Waals surface area contributed by atoms with Gasteiger partial charge in [0.05, 0.1) is 5.69 Å². The number of benzene rings is 1. The molecule has 0 bridgehead atoms. The van der Waals surface area contributed by atoms with Gasteiger partial charge in [-0.15, -0.1) is 0 Å². The van der Waals surface area contributed by atoms with E-state index in [0.29, 0.717) is 31.9 Å². The molecule has 6 heteroatoms. The van der Waals surface area contributed by atoms with Gasteiger partial charge in [-0.1, -0.05) is 12.1 Å². The summed E-state index contributed by atoms with van der Waals surface area (Å²) in [4.78, 5) is 31.5. The van der Waals surface area contributed by atoms with E-state index in [9.17, 15) is 14.0 Å². The molecule has 130 valence electrons. The molecular weight excluding hydrogens is 321 g/mol. The second-order valence-corrected chi connectivity index (χ2v) is 6.60. The van der Waals surface area contributed by atoms with Crippen LogP contribution in [-0.4, -0.2) is 42.0 Å². The third-order valence-electron chi connectivity index (χ3n) is 5.08. The largest absolute Gasteiger partial charge is 0.366 e. The van der Waals surface area contributed by atoms with Crippen LogP contribution in [0.3, 0.4) is 0 Å². The summed E-state index contributed by atoms with van der Waals surface area (Å²) in [5.74, 6) is -0.485. The number of halogens is 1. The van der Waals surface area contributed by atoms with Crippen LogP contribution in [-0.2, 0) is 12.8 Å². The quantitative estimate of drug-likeness (QED) is 0.909. The van der Waals surface area contributed by atoms with Crippen molar-refractivity contribution in [3.8, 4) is 0 Å². The Kier molecular flexibility index (Phi) is 4.03. The first kappa shape index (κ1) is 15.9. The second-order valence-electron chi connectivity index (χ2n) is 6.60. The molecule has 1 amide bonds. The maximum atomic E-state index is 13.9. The highest BCUT2D eigenvalue weighted by Crippen LogP contribution is 2.22. The molecule has 1 fully saturated rings. The van der Waals surface area contributed by atoms with Gasteiger partial charge < -0.3 is 14.8 Å². The average molecular weight is 341 g/mol. The number of hydrogen-bond donors (Lipinski definition) is 1. The van der Waals surface area contributed by atoms with Crippen molar-refractivity contribution >= 4 is 11.6 Å². The van der Waals surface area contributed by atoms with Gasteiger partial charge >= 0.3 is 0 Å². The fourth-order valence-electron chi connectivity index (χ4n) is 3.70. The topological polar surface area (TPSA) is 56.4 Å². The molecule has 4 rings (SSSR count). The number of aromatic amines is 1. The summed E-state index contributed by atoms with van der Waals surface area (Å²) in [6.45, 7) is 2.05. The highest BCUT2D eigenvalue weighted by molar-refractivity contribution is 5.94. The Bertz CT molecular complexity index is 869. The number of H-pyrrole nitrogens is 1. The van der Waals surface area contributed by atoms with E-state index in [1.807, 2.05) is 4.90 Å². The number of aromatic nitrogens is 1. The summed E-state index contributed by atoms with van der Waals surface area (Å²) < 4.78 is 13.9. The molecule has 1 aliphatic carbocycles. The number of fused-ring (bicyclic) bond motifs is 1. The first-order valence-corrected chi connectivity index (χ1v) is 8.67. The molecule has 1 N–H and O–H groups in total. The van der Waals surface area contributed by atoms with Crippen molar-refractivity contribution in [1.82, 2.24) is 9.88 Å². The summed E-state index contributed by atoms with van der Waals surface area (Å²) >= 11 is 0. The van der Waals surface area contributed by atoms with Gasteiger partial charge in [-0.25, -0.2) is 4.39 Å². The summed E-state index contributed by atoms with van der Waals surface area (Å²) in [5.41, 5.74) is 2.52. The van der Waals surface area contributed by atoms with Gasteiger partial charge in [0.25, 0.3) is 11.5 Å². The van der Waals surface area contributed by atoms with Gasteiger partial charge in [-0.05, 0) is 43.0 Å². The molecule has 1 aromatic carbocycles. The lowest BCUT2D eigenvalue weighted by atomic mass is 10.1. The standard InChI is InChI=1S/C19H20FN3O2/c20-15-5-1-2-7-17(15)22-8-10-23(11-9-22)19(25)14-12-13-4-3-6-16(13)21-18(14)24/h1-2,5,7,12H,3-4,6,8-11H2,(H,21,24). The van der Waals surface area contributed by atoms with Crippen molar-refractivity contribution in [2.45, 2.75) is 19.3 Å². The maximum absolute atomic E-state index is 13.9. The Morgan fingerprint density at radius 3 is 2.60 bits per heavy atom. The molecular formula is C19H20FN3O2. The van der Waals surface area contributed by atoms with Gasteiger partial charge in [0, 0.05) is 31.9 Å². The Balaban J connectivity index is 1.49. The number of rotatable bonds is 2. The van der Waals surface area contributed by atoms with Crippen molar-refractivity contribution in [3.05, 3.63) is 63.3 Å². The number of amides is 1. The Labute approximate surface area is 145 Å². The van der Waals surface area contributed by atoms with E-state index >= 15 is 0 Å². The molecule has 0 saturated carbocycles. The molecule has 1 saturated heterocycles. The van der Waals surface area contributed by atoms with Crippen LogP contribution < -0.4 is 10.5 Å². The van der Waals surface area contributed by atoms with Gasteiger partial charge in [-0.2, -0.15) is 0 Å². The van der Waals surface area contributed by atoms with E-state index in [2.05, 4.69) is 4.98 Å². The maximum Gasteiger partial charge on any atom is 0.261 e. The predicted octanol–water partition coefficient (Wildman–Crippen LogP) is 1.97. The number of pyridine rings is 1. The van der Waals surface area contributed by atoms with Crippen LogP contribution in [0, 0.1) is 5.82 Å². The number of carbonyl (C=O) groups excluding carboxylic acids is 1. The number of carbonyl (C=O) groups is 1. The van der Waals surface area contributed by atoms with Crippen LogP contribution in [0.2, 0.25) is 0 Å². The molecule has 0 radical (unpaired) electrons. The molecule has 0 spiro atoms. The summed E-state index contributed by atoms with van der Waals surface area (Å²) in [6, 6.07) is 8.42. The van der Waals surface area contributed by atoms with Crippen LogP contribution in [0.1, 0.15) is 28.0 Å². The molecule has 5 nitrogen and oxygen atoms in total. The van der Waals surface area contributed by atoms with E-state index in [1.165, 1.54) is 6.07 Å². The predicted molar refractivity (Wildman–Crippen MR) is 93.6 cm³/mol. The van der Waals surface area contributed by atoms with Gasteiger partial charge in [0.1, 0.15) is 11.4 Å². The Morgan fingerprint density at radius 1 is 1.08 bits per heavy atom. The van der Waals surface area contributed by atoms with Crippen LogP contribution in [0.25, 0.3) is 0 Å². The highest BCUT2D eigenvalue weighted by Gasteiger charge is 2.26. The van der Waals surface area contributed by atoms with E-state index in [0.717, 1.165) is 30.5 Å². The smallest absolute Gasteiger partial charge is 0.261 e. The zero-order valence-corrected chi connectivity index (χ0v) is 13.9. The van der Waals surface area contributed by atoms with E-state index in [-0.39, 0.29) is 22.8 Å². The van der Waals surface area contributed by atoms with Crippen molar-refractivity contribution in [2.24, 2.45) is 0 Å². The van der Waals surface area contributed by atoms with Gasteiger partial charge in [0.2, 0.25) is 0 Å². The molecule has 0 atom stereocenters. The molecule has 2 aliphatic rings. The van der Waals surface area contributed by atoms with Crippen LogP contribution >= 0.6 is 0 Å². The zero-order chi connectivity index (χ0) is 17.4. The first-order chi connectivity index (χ1) is 12.1. The Hall–Kier alpha value is -2.63. The first-order valence-electron chi connectivity index (χ1n) is 8.67. The van der Waals surface area contributed by atoms with Crippen LogP contribution in [0.5, 0.6) is 0 Å². The molecule has 2 heterocycles. The van der Waals surface area contributed by atoms with Crippen LogP contribution in [0.4, 0.5) is 10.1 Å². The number of para-hydroxylation sites is 1. The number of nitrogens with one attached hydrogen (secondary N) is 1. The second kappa shape index (κ2) is 6.35. The van der Waals surface area contributed by atoms with Gasteiger partial charge in [0.15, 0.2) is 0 Å². The summed E-state index contributed by atoms with van der Waals surface area (Å²) in [7, 11) is 0. The fourth-order valence-corrected chi connectivity index (χ4v) is 3.70. The van der Waals surface area contributed by atoms with Crippen LogP contribution in [0.15, 0.2) is 35.1 Å². The lowest BCUT2D eigenvalue weighted by Crippen LogP contribution is -2.49. The lowest BCUT2D eigenvalue weighted by molar-refractivity contribution is 0.0744. The highest BCUT2D eigenvalue weighted by atomic mass is 19.1. The molecule has 1 aromatic heterocycles. The average Bonchev–Trinajstić information content (AvgIpc) is 3.08. The van der Waals surface area contributed by atoms with Crippen molar-refractivity contribution in [3.63, 3.8) is 0 Å². The number of nitrogens with zero attached hydrogens (tertiary/aromatic N) is 2. The molecule has 0 unspecified atom stereocenters. The number of piperazine rings is 1. The van der Waals surface area contributed by atoms with Crippen molar-refractivity contribution in [2.75, 3.05) is 31.1 Å². The SMILES string of the molecule is O=C(c1cc2c([nH]c1=O)CCC2)N1CCN(c2ccccc2F)CC1. The lowest BCUT2D eigenvalue weighted by Gasteiger charge is -2.36. The zero-order valence-electron chi connectivity index (χ0n) is 13.9. The molecule has 2 aromatic rings. The Morgan fingerprint density at radius 2 is 1.84 bits per heavy atom. The van der Waals surface area contributed by atoms with E-state index in [4.69, 9.17) is 0 Å². The van der Waals surface area contributed by atoms with Gasteiger partial charge in [-0.3, -0.25) is 9.59 Å². The number of hydrogen-bond acceptors (Lipinski definition) is 3. The fraction of sp³-hybridized carbons (Fsp3) is 0.368. The minimum absolute atomic E-state index is 0.222. The minimum Gasteiger partial charge on any atom is -0.366 e. The normalized spacial score (nSPS) is 16.8. The monoisotopic (exact) mass is 341 g/mol. The van der Waals surface area contributed by atoms with Crippen molar-refractivity contribution < 1.29 is 9.18 Å². The summed E-state index contributed by atoms with van der Waals surface area (Å²) in [5, 5.41) is 0. The van der Waals surface area contributed by atoms with E-state index < -0.39 is 0 Å². The minimum atomic E-state index is -0.304. The number of aryl methyl sites for hydroxylation is 2. The number of anilines is 1. The summed E-state index contributed by atoms with van der Waals surface area (Å²) in [6.07, 6.45) is 2.80. The molecule has 1 aliphatic heterocycles. The molecule has 25 heavy (non-hydrogen) atoms. The third-order valence-corrected chi connectivity index (χ3v) is 5.08. The van der Waals surface area contributed by atoms with E-state index in [1.54, 1.807) is 29.2 Å².